The fourth-order valence-electron chi connectivity index (χ4n) is 5.83. The van der Waals surface area contributed by atoms with Crippen LogP contribution in [-0.4, -0.2) is 43.6 Å². The first-order valence-electron chi connectivity index (χ1n) is 16.4. The van der Waals surface area contributed by atoms with Crippen molar-refractivity contribution in [2.45, 2.75) is 32.2 Å². The molecule has 252 valence electrons. The van der Waals surface area contributed by atoms with E-state index in [0.29, 0.717) is 47.1 Å². The fourth-order valence-corrected chi connectivity index (χ4v) is 5.83. The van der Waals surface area contributed by atoms with Crippen LogP contribution in [0.3, 0.4) is 0 Å². The molecule has 2 amide bonds. The van der Waals surface area contributed by atoms with E-state index < -0.39 is 23.7 Å². The average molecular weight is 663 g/mol. The van der Waals surface area contributed by atoms with Crippen LogP contribution < -0.4 is 30.2 Å². The predicted octanol–water partition coefficient (Wildman–Crippen LogP) is 6.90. The molecule has 1 aliphatic heterocycles. The molecule has 0 radical (unpaired) electrons. The number of rotatable bonds is 11. The van der Waals surface area contributed by atoms with Crippen LogP contribution in [0.1, 0.15) is 35.6 Å². The van der Waals surface area contributed by atoms with Crippen molar-refractivity contribution in [2.24, 2.45) is 5.92 Å². The Bertz CT molecular complexity index is 1910. The van der Waals surface area contributed by atoms with Gasteiger partial charge in [0.15, 0.2) is 23.1 Å². The molecule has 1 fully saturated rings. The number of aromatic nitrogens is 1. The number of methoxy groups -OCH3 is 1. The molecule has 5 aromatic rings. The second-order valence-electron chi connectivity index (χ2n) is 12.2. The number of halogens is 1. The first-order valence-corrected chi connectivity index (χ1v) is 16.4. The summed E-state index contributed by atoms with van der Waals surface area (Å²) in [5, 5.41) is 9.30. The molecule has 1 atom stereocenters. The van der Waals surface area contributed by atoms with Crippen LogP contribution in [-0.2, 0) is 16.0 Å². The lowest BCUT2D eigenvalue weighted by atomic mass is 9.98. The number of ether oxygens (including phenoxy) is 3. The van der Waals surface area contributed by atoms with Gasteiger partial charge in [-0.15, -0.1) is 0 Å². The third-order valence-electron chi connectivity index (χ3n) is 8.60. The highest BCUT2D eigenvalue weighted by Crippen LogP contribution is 2.38. The van der Waals surface area contributed by atoms with Crippen molar-refractivity contribution in [3.63, 3.8) is 0 Å². The lowest BCUT2D eigenvalue weighted by Crippen LogP contribution is -2.38. The molecule has 0 saturated carbocycles. The van der Waals surface area contributed by atoms with Crippen molar-refractivity contribution >= 4 is 28.4 Å². The van der Waals surface area contributed by atoms with Gasteiger partial charge in [-0.1, -0.05) is 60.2 Å². The molecule has 0 aliphatic carbocycles. The second-order valence-corrected chi connectivity index (χ2v) is 12.2. The molecule has 3 N–H and O–H groups in total. The molecule has 2 heterocycles. The van der Waals surface area contributed by atoms with Gasteiger partial charge in [-0.3, -0.25) is 14.6 Å². The number of pyridine rings is 1. The van der Waals surface area contributed by atoms with Crippen LogP contribution in [0.4, 0.5) is 10.1 Å². The van der Waals surface area contributed by atoms with Crippen LogP contribution in [0, 0.1) is 18.7 Å². The van der Waals surface area contributed by atoms with Crippen molar-refractivity contribution in [1.29, 1.82) is 0 Å². The number of nitrogens with zero attached hydrogens (tertiary/aromatic N) is 1. The van der Waals surface area contributed by atoms with Crippen LogP contribution in [0.2, 0.25) is 0 Å². The molecular weight excluding hydrogens is 623 g/mol. The minimum atomic E-state index is -0.914. The molecule has 0 bridgehead atoms. The van der Waals surface area contributed by atoms with E-state index in [4.69, 9.17) is 14.2 Å². The van der Waals surface area contributed by atoms with Crippen molar-refractivity contribution in [3.05, 3.63) is 120 Å². The minimum absolute atomic E-state index is 0.0672. The zero-order valence-corrected chi connectivity index (χ0v) is 27.5. The van der Waals surface area contributed by atoms with Crippen molar-refractivity contribution in [3.8, 4) is 23.0 Å². The Labute approximate surface area is 284 Å². The molecule has 9 nitrogen and oxygen atoms in total. The number of nitrogens with one attached hydrogen (secondary N) is 3. The fraction of sp³-hybridized carbons (Fsp3) is 0.256. The molecule has 4 aromatic carbocycles. The van der Waals surface area contributed by atoms with Gasteiger partial charge in [0.05, 0.1) is 25.3 Å². The van der Waals surface area contributed by atoms with E-state index in [1.54, 1.807) is 31.5 Å². The zero-order chi connectivity index (χ0) is 34.2. The number of carbonyl (C=O) groups is 2. The number of carbonyl (C=O) groups excluding carboxylic acids is 2. The number of amides is 2. The van der Waals surface area contributed by atoms with Crippen molar-refractivity contribution in [2.75, 3.05) is 32.1 Å². The Kier molecular flexibility index (Phi) is 10.6. The Morgan fingerprint density at radius 2 is 1.67 bits per heavy atom. The van der Waals surface area contributed by atoms with E-state index in [-0.39, 0.29) is 11.4 Å². The second kappa shape index (κ2) is 15.6. The summed E-state index contributed by atoms with van der Waals surface area (Å²) in [7, 11) is 1.56. The van der Waals surface area contributed by atoms with Crippen molar-refractivity contribution < 1.29 is 28.2 Å². The number of hydrogen-bond acceptors (Lipinski definition) is 7. The summed E-state index contributed by atoms with van der Waals surface area (Å²) in [6, 6.07) is 26.2. The molecule has 0 spiro atoms. The number of hydrogen-bond donors (Lipinski definition) is 3. The summed E-state index contributed by atoms with van der Waals surface area (Å²) in [6.07, 6.45) is 4.17. The summed E-state index contributed by atoms with van der Waals surface area (Å²) >= 11 is 0. The van der Waals surface area contributed by atoms with E-state index in [9.17, 15) is 9.59 Å². The lowest BCUT2D eigenvalue weighted by molar-refractivity contribution is -0.136. The van der Waals surface area contributed by atoms with Gasteiger partial charge in [-0.05, 0) is 80.6 Å². The summed E-state index contributed by atoms with van der Waals surface area (Å²) in [5.41, 5.74) is 3.71. The van der Waals surface area contributed by atoms with Gasteiger partial charge in [0, 0.05) is 29.4 Å². The lowest BCUT2D eigenvalue weighted by Gasteiger charge is -2.23. The highest BCUT2D eigenvalue weighted by Gasteiger charge is 2.22. The van der Waals surface area contributed by atoms with Crippen LogP contribution in [0.25, 0.3) is 10.9 Å². The number of piperidine rings is 1. The first-order chi connectivity index (χ1) is 23.9. The number of fused-ring (bicyclic) bond motifs is 1. The first kappa shape index (κ1) is 33.4. The molecular formula is C39H39FN4O5. The van der Waals surface area contributed by atoms with Crippen LogP contribution in [0.15, 0.2) is 97.2 Å². The third kappa shape index (κ3) is 8.52. The van der Waals surface area contributed by atoms with E-state index in [1.807, 2.05) is 61.5 Å². The van der Waals surface area contributed by atoms with Gasteiger partial charge >= 0.3 is 11.8 Å². The predicted molar refractivity (Wildman–Crippen MR) is 187 cm³/mol. The normalized spacial score (nSPS) is 13.8. The summed E-state index contributed by atoms with van der Waals surface area (Å²) in [4.78, 5) is 30.4. The third-order valence-corrected chi connectivity index (χ3v) is 8.60. The highest BCUT2D eigenvalue weighted by atomic mass is 19.1. The number of anilines is 1. The molecule has 1 unspecified atom stereocenters. The van der Waals surface area contributed by atoms with E-state index in [2.05, 4.69) is 20.9 Å². The Morgan fingerprint density at radius 1 is 0.898 bits per heavy atom. The molecule has 1 aromatic heterocycles. The Balaban J connectivity index is 1.12. The molecule has 6 rings (SSSR count). The monoisotopic (exact) mass is 662 g/mol. The molecule has 49 heavy (non-hydrogen) atoms. The van der Waals surface area contributed by atoms with E-state index in [0.717, 1.165) is 48.7 Å². The highest BCUT2D eigenvalue weighted by molar-refractivity contribution is 6.39. The van der Waals surface area contributed by atoms with Gasteiger partial charge < -0.3 is 30.2 Å². The smallest absolute Gasteiger partial charge is 0.313 e. The summed E-state index contributed by atoms with van der Waals surface area (Å²) in [5.74, 6) is -0.612. The Morgan fingerprint density at radius 3 is 2.41 bits per heavy atom. The SMILES string of the molecule is COc1cc2c(Oc3ccc(NC(=O)C(=O)NC(Cc4ccc(C)cc4)c4ccccc4)cc3F)ccnc2cc1OCC1CCNCC1. The van der Waals surface area contributed by atoms with Crippen LogP contribution in [0.5, 0.6) is 23.0 Å². The van der Waals surface area contributed by atoms with Gasteiger partial charge in [0.25, 0.3) is 0 Å². The van der Waals surface area contributed by atoms with Gasteiger partial charge in [0.2, 0.25) is 0 Å². The van der Waals surface area contributed by atoms with Crippen LogP contribution >= 0.6 is 0 Å². The van der Waals surface area contributed by atoms with Gasteiger partial charge in [0.1, 0.15) is 5.75 Å². The van der Waals surface area contributed by atoms with Gasteiger partial charge in [-0.2, -0.15) is 0 Å². The summed E-state index contributed by atoms with van der Waals surface area (Å²) in [6.45, 7) is 4.55. The average Bonchev–Trinajstić information content (AvgIpc) is 3.13. The largest absolute Gasteiger partial charge is 0.493 e. The van der Waals surface area contributed by atoms with E-state index in [1.165, 1.54) is 12.1 Å². The topological polar surface area (TPSA) is 111 Å². The minimum Gasteiger partial charge on any atom is -0.493 e. The quantitative estimate of drug-likeness (QED) is 0.132. The maximum Gasteiger partial charge on any atom is 0.313 e. The van der Waals surface area contributed by atoms with E-state index >= 15 is 4.39 Å². The number of aryl methyl sites for hydroxylation is 1. The maximum absolute atomic E-state index is 15.3. The van der Waals surface area contributed by atoms with Gasteiger partial charge in [-0.25, -0.2) is 4.39 Å². The molecule has 1 aliphatic rings. The van der Waals surface area contributed by atoms with Crippen molar-refractivity contribution in [1.82, 2.24) is 15.6 Å². The standard InChI is InChI=1S/C39H39FN4O5/c1-25-8-10-26(11-9-25)20-32(28-6-4-3-5-7-28)44-39(46)38(45)43-29-12-13-35(31(40)21-29)49-34-16-19-42-33-23-37(36(47-2)22-30(33)34)48-24-27-14-17-41-18-15-27/h3-13,16,19,21-23,27,32,41H,14-15,17-18,20,24H2,1-2H3,(H,43,45)(H,44,46). The summed E-state index contributed by atoms with van der Waals surface area (Å²) < 4.78 is 33.1. The molecule has 10 heteroatoms. The molecule has 1 saturated heterocycles. The maximum atomic E-state index is 15.3. The zero-order valence-electron chi connectivity index (χ0n) is 27.5. The Hall–Kier alpha value is -5.48. The number of benzene rings is 4.